The zero-order valence-electron chi connectivity index (χ0n) is 5.73. The van der Waals surface area contributed by atoms with Gasteiger partial charge >= 0.3 is 23.3 Å². The molecule has 0 aromatic rings. The largest absolute Gasteiger partial charge is 3.00 e. The summed E-state index contributed by atoms with van der Waals surface area (Å²) in [4.78, 5) is 9.82. The first-order chi connectivity index (χ1) is 2.77. The van der Waals surface area contributed by atoms with Crippen molar-refractivity contribution in [3.63, 3.8) is 0 Å². The van der Waals surface area contributed by atoms with E-state index in [0.717, 1.165) is 0 Å². The molecule has 0 saturated carbocycles. The molecular weight excluding hydrogens is 213 g/mol. The average Bonchev–Trinajstić information content (AvgIpc) is 1.35. The Morgan fingerprint density at radius 1 is 1.30 bits per heavy atom. The van der Waals surface area contributed by atoms with Gasteiger partial charge in [-0.1, -0.05) is 0 Å². The molecule has 0 heterocycles. The Balaban J connectivity index is -0.0000000208. The van der Waals surface area contributed by atoms with Gasteiger partial charge < -0.3 is 42.0 Å². The van der Waals surface area contributed by atoms with Crippen LogP contribution < -0.4 is 37.2 Å². The molecule has 0 aliphatic rings. The zero-order chi connectivity index (χ0) is 4.99. The standard InChI is InChI=1S/C4H8O2.Al.3ClH/c1-3-6-4(2)5;;;;/h3H2,1-2H3;;3*1H/q;+3;;;/p-3. The van der Waals surface area contributed by atoms with Crippen molar-refractivity contribution in [1.29, 1.82) is 0 Å². The SMILES string of the molecule is CCOC(C)=O.[Al+3].[Cl-].[Cl-].[Cl-]. The van der Waals surface area contributed by atoms with Crippen LogP contribution in [-0.4, -0.2) is 29.9 Å². The predicted molar refractivity (Wildman–Crippen MR) is 28.1 cm³/mol. The molecule has 0 spiro atoms. The van der Waals surface area contributed by atoms with Crippen molar-refractivity contribution in [2.75, 3.05) is 6.61 Å². The van der Waals surface area contributed by atoms with Crippen molar-refractivity contribution in [3.05, 3.63) is 0 Å². The Morgan fingerprint density at radius 2 is 1.60 bits per heavy atom. The molecule has 60 valence electrons. The second kappa shape index (κ2) is 22.5. The Morgan fingerprint density at radius 3 is 1.60 bits per heavy atom. The third kappa shape index (κ3) is 36.7. The summed E-state index contributed by atoms with van der Waals surface area (Å²) < 4.78 is 4.40. The summed E-state index contributed by atoms with van der Waals surface area (Å²) in [6.45, 7) is 3.65. The van der Waals surface area contributed by atoms with Gasteiger partial charge in [0.1, 0.15) is 0 Å². The third-order valence-corrected chi connectivity index (χ3v) is 0.348. The molecule has 0 amide bonds. The fourth-order valence-electron chi connectivity index (χ4n) is 0.203. The van der Waals surface area contributed by atoms with Gasteiger partial charge in [-0.05, 0) is 6.92 Å². The second-order valence-electron chi connectivity index (χ2n) is 0.925. The van der Waals surface area contributed by atoms with Crippen LogP contribution in [0.15, 0.2) is 0 Å². The minimum atomic E-state index is -0.211. The molecule has 2 nitrogen and oxygen atoms in total. The predicted octanol–water partition coefficient (Wildman–Crippen LogP) is -8.80. The maximum absolute atomic E-state index is 9.82. The normalized spacial score (nSPS) is 4.60. The molecule has 6 heteroatoms. The van der Waals surface area contributed by atoms with E-state index in [0.29, 0.717) is 6.61 Å². The Labute approximate surface area is 90.4 Å². The van der Waals surface area contributed by atoms with Crippen LogP contribution in [-0.2, 0) is 9.53 Å². The number of hydrogen-bond donors (Lipinski definition) is 0. The van der Waals surface area contributed by atoms with Crippen LogP contribution in [0.4, 0.5) is 0 Å². The van der Waals surface area contributed by atoms with Crippen LogP contribution in [0.2, 0.25) is 0 Å². The van der Waals surface area contributed by atoms with Gasteiger partial charge in [0, 0.05) is 6.92 Å². The molecular formula is C4H8AlCl3O2. The Kier molecular flexibility index (Phi) is 69.2. The topological polar surface area (TPSA) is 26.3 Å². The number of hydrogen-bond acceptors (Lipinski definition) is 2. The minimum Gasteiger partial charge on any atom is -1.00 e. The smallest absolute Gasteiger partial charge is 1.00 e. The van der Waals surface area contributed by atoms with E-state index < -0.39 is 0 Å². The van der Waals surface area contributed by atoms with E-state index in [-0.39, 0.29) is 60.6 Å². The van der Waals surface area contributed by atoms with Crippen molar-refractivity contribution in [2.45, 2.75) is 13.8 Å². The van der Waals surface area contributed by atoms with E-state index in [1.807, 2.05) is 0 Å². The first-order valence-corrected chi connectivity index (χ1v) is 1.90. The van der Waals surface area contributed by atoms with Gasteiger partial charge in [0.15, 0.2) is 0 Å². The minimum absolute atomic E-state index is 0. The maximum atomic E-state index is 9.82. The third-order valence-electron chi connectivity index (χ3n) is 0.348. The summed E-state index contributed by atoms with van der Waals surface area (Å²) >= 11 is 0. The van der Waals surface area contributed by atoms with E-state index in [1.165, 1.54) is 6.92 Å². The first kappa shape index (κ1) is 30.7. The Bertz CT molecular complexity index is 62.5. The number of rotatable bonds is 1. The van der Waals surface area contributed by atoms with Gasteiger partial charge in [-0.3, -0.25) is 4.79 Å². The fraction of sp³-hybridized carbons (Fsp3) is 0.750. The molecule has 0 unspecified atom stereocenters. The summed E-state index contributed by atoms with van der Waals surface area (Å²) in [7, 11) is 0. The molecule has 0 bridgehead atoms. The van der Waals surface area contributed by atoms with Crippen LogP contribution >= 0.6 is 0 Å². The van der Waals surface area contributed by atoms with E-state index in [9.17, 15) is 4.79 Å². The Hall–Kier alpha value is 0.872. The number of ether oxygens (including phenoxy) is 1. The van der Waals surface area contributed by atoms with Gasteiger partial charge in [0.05, 0.1) is 6.61 Å². The van der Waals surface area contributed by atoms with Crippen molar-refractivity contribution >= 4 is 23.3 Å². The number of carbonyl (C=O) groups excluding carboxylic acids is 1. The molecule has 0 fully saturated rings. The van der Waals surface area contributed by atoms with Gasteiger partial charge in [-0.2, -0.15) is 0 Å². The van der Waals surface area contributed by atoms with Gasteiger partial charge in [0.25, 0.3) is 0 Å². The molecule has 0 saturated heterocycles. The van der Waals surface area contributed by atoms with E-state index in [1.54, 1.807) is 6.92 Å². The van der Waals surface area contributed by atoms with Crippen LogP contribution in [0.1, 0.15) is 13.8 Å². The second-order valence-corrected chi connectivity index (χ2v) is 0.925. The quantitative estimate of drug-likeness (QED) is 0.325. The van der Waals surface area contributed by atoms with Crippen molar-refractivity contribution < 1.29 is 46.8 Å². The summed E-state index contributed by atoms with van der Waals surface area (Å²) in [5, 5.41) is 0. The molecule has 10 heavy (non-hydrogen) atoms. The molecule has 0 radical (unpaired) electrons. The van der Waals surface area contributed by atoms with Crippen molar-refractivity contribution in [2.24, 2.45) is 0 Å². The number of carbonyl (C=O) groups is 1. The average molecular weight is 221 g/mol. The van der Waals surface area contributed by atoms with Gasteiger partial charge in [-0.25, -0.2) is 0 Å². The zero-order valence-corrected chi connectivity index (χ0v) is 9.16. The summed E-state index contributed by atoms with van der Waals surface area (Å²) in [6.07, 6.45) is 0. The molecule has 0 N–H and O–H groups in total. The van der Waals surface area contributed by atoms with Crippen molar-refractivity contribution in [3.8, 4) is 0 Å². The van der Waals surface area contributed by atoms with Crippen LogP contribution in [0.5, 0.6) is 0 Å². The van der Waals surface area contributed by atoms with Crippen LogP contribution in [0.25, 0.3) is 0 Å². The molecule has 0 rings (SSSR count). The maximum Gasteiger partial charge on any atom is 3.00 e. The first-order valence-electron chi connectivity index (χ1n) is 1.90. The number of esters is 1. The summed E-state index contributed by atoms with van der Waals surface area (Å²) in [5.41, 5.74) is 0. The van der Waals surface area contributed by atoms with Gasteiger partial charge in [-0.15, -0.1) is 0 Å². The van der Waals surface area contributed by atoms with Crippen LogP contribution in [0.3, 0.4) is 0 Å². The molecule has 0 aromatic heterocycles. The number of halogens is 3. The van der Waals surface area contributed by atoms with Crippen LogP contribution in [0, 0.1) is 0 Å². The van der Waals surface area contributed by atoms with E-state index in [2.05, 4.69) is 4.74 Å². The van der Waals surface area contributed by atoms with E-state index in [4.69, 9.17) is 0 Å². The molecule has 0 aromatic carbocycles. The van der Waals surface area contributed by atoms with Gasteiger partial charge in [0.2, 0.25) is 0 Å². The molecule has 0 aliphatic carbocycles. The molecule has 0 atom stereocenters. The monoisotopic (exact) mass is 220 g/mol. The molecule has 0 aliphatic heterocycles. The fourth-order valence-corrected chi connectivity index (χ4v) is 0.203. The summed E-state index contributed by atoms with van der Waals surface area (Å²) in [5.74, 6) is -0.211. The van der Waals surface area contributed by atoms with Crippen molar-refractivity contribution in [1.82, 2.24) is 0 Å². The summed E-state index contributed by atoms with van der Waals surface area (Å²) in [6, 6.07) is 0. The van der Waals surface area contributed by atoms with E-state index >= 15 is 0 Å².